The van der Waals surface area contributed by atoms with Crippen LogP contribution in [0.5, 0.6) is 0 Å². The maximum Gasteiger partial charge on any atom is 0.191 e. The molecule has 0 spiro atoms. The van der Waals surface area contributed by atoms with Crippen molar-refractivity contribution in [2.75, 3.05) is 13.6 Å². The van der Waals surface area contributed by atoms with Crippen LogP contribution in [-0.4, -0.2) is 34.3 Å². The number of hydrogen-bond acceptors (Lipinski definition) is 3. The van der Waals surface area contributed by atoms with E-state index in [-0.39, 0.29) is 5.82 Å². The molecule has 22 heavy (non-hydrogen) atoms. The molecule has 0 fully saturated rings. The molecule has 0 aliphatic carbocycles. The Morgan fingerprint density at radius 3 is 2.82 bits per heavy atom. The first-order valence-electron chi connectivity index (χ1n) is 7.12. The number of hydrogen-bond donors (Lipinski definition) is 2. The fraction of sp³-hybridized carbons (Fsp3) is 0.400. The number of guanidine groups is 1. The van der Waals surface area contributed by atoms with Crippen molar-refractivity contribution in [3.63, 3.8) is 0 Å². The molecule has 0 bridgehead atoms. The highest BCUT2D eigenvalue weighted by Crippen LogP contribution is 2.10. The molecule has 0 aliphatic heterocycles. The van der Waals surface area contributed by atoms with Gasteiger partial charge in [0.05, 0.1) is 6.54 Å². The molecule has 2 N–H and O–H groups in total. The standard InChI is InChI=1S/C15H21FN6/c1-11-8-13(16)5-4-12(11)6-7-18-15(17-2)19-9-14-20-10-21-22(14)3/h4-5,8,10H,6-7,9H2,1-3H3,(H2,17,18,19). The second-order valence-corrected chi connectivity index (χ2v) is 4.97. The van der Waals surface area contributed by atoms with Crippen LogP contribution in [0.3, 0.4) is 0 Å². The Labute approximate surface area is 129 Å². The zero-order valence-electron chi connectivity index (χ0n) is 13.1. The summed E-state index contributed by atoms with van der Waals surface area (Å²) in [5, 5.41) is 10.4. The second-order valence-electron chi connectivity index (χ2n) is 4.97. The van der Waals surface area contributed by atoms with Gasteiger partial charge >= 0.3 is 0 Å². The predicted octanol–water partition coefficient (Wildman–Crippen LogP) is 1.17. The van der Waals surface area contributed by atoms with Gasteiger partial charge in [0.2, 0.25) is 0 Å². The highest BCUT2D eigenvalue weighted by atomic mass is 19.1. The second kappa shape index (κ2) is 7.53. The van der Waals surface area contributed by atoms with E-state index in [0.717, 1.165) is 23.4 Å². The van der Waals surface area contributed by atoms with Crippen LogP contribution in [0.1, 0.15) is 17.0 Å². The summed E-state index contributed by atoms with van der Waals surface area (Å²) in [4.78, 5) is 8.30. The van der Waals surface area contributed by atoms with Gasteiger partial charge in [0.25, 0.3) is 0 Å². The Hall–Kier alpha value is -2.44. The van der Waals surface area contributed by atoms with E-state index >= 15 is 0 Å². The minimum Gasteiger partial charge on any atom is -0.356 e. The fourth-order valence-electron chi connectivity index (χ4n) is 2.12. The zero-order valence-corrected chi connectivity index (χ0v) is 13.1. The molecule has 118 valence electrons. The van der Waals surface area contributed by atoms with Gasteiger partial charge < -0.3 is 10.6 Å². The number of benzene rings is 1. The summed E-state index contributed by atoms with van der Waals surface area (Å²) in [6.07, 6.45) is 2.32. The smallest absolute Gasteiger partial charge is 0.191 e. The topological polar surface area (TPSA) is 67.1 Å². The molecule has 0 amide bonds. The van der Waals surface area contributed by atoms with Crippen molar-refractivity contribution >= 4 is 5.96 Å². The van der Waals surface area contributed by atoms with Crippen LogP contribution in [0.4, 0.5) is 4.39 Å². The molecule has 1 heterocycles. The van der Waals surface area contributed by atoms with Crippen molar-refractivity contribution < 1.29 is 4.39 Å². The lowest BCUT2D eigenvalue weighted by atomic mass is 10.1. The van der Waals surface area contributed by atoms with E-state index < -0.39 is 0 Å². The Morgan fingerprint density at radius 1 is 1.36 bits per heavy atom. The van der Waals surface area contributed by atoms with Gasteiger partial charge in [0.1, 0.15) is 18.0 Å². The molecular formula is C15H21FN6. The monoisotopic (exact) mass is 304 g/mol. The van der Waals surface area contributed by atoms with Gasteiger partial charge in [-0.25, -0.2) is 9.37 Å². The average Bonchev–Trinajstić information content (AvgIpc) is 2.90. The number of nitrogens with zero attached hydrogens (tertiary/aromatic N) is 4. The lowest BCUT2D eigenvalue weighted by molar-refractivity contribution is 0.625. The molecule has 0 saturated heterocycles. The van der Waals surface area contributed by atoms with Crippen LogP contribution in [0.15, 0.2) is 29.5 Å². The summed E-state index contributed by atoms with van der Waals surface area (Å²) in [6, 6.07) is 4.86. The van der Waals surface area contributed by atoms with Crippen LogP contribution in [-0.2, 0) is 20.0 Å². The number of aryl methyl sites for hydroxylation is 2. The summed E-state index contributed by atoms with van der Waals surface area (Å²) >= 11 is 0. The predicted molar refractivity (Wildman–Crippen MR) is 84.0 cm³/mol. The van der Waals surface area contributed by atoms with Gasteiger partial charge in [-0.15, -0.1) is 0 Å². The fourth-order valence-corrected chi connectivity index (χ4v) is 2.12. The quantitative estimate of drug-likeness (QED) is 0.643. The molecule has 0 atom stereocenters. The molecule has 6 nitrogen and oxygen atoms in total. The minimum atomic E-state index is -0.199. The van der Waals surface area contributed by atoms with Crippen LogP contribution in [0.2, 0.25) is 0 Å². The first kappa shape index (κ1) is 15.9. The molecule has 0 radical (unpaired) electrons. The molecule has 1 aromatic carbocycles. The lowest BCUT2D eigenvalue weighted by Crippen LogP contribution is -2.38. The maximum absolute atomic E-state index is 13.1. The third kappa shape index (κ3) is 4.28. The largest absolute Gasteiger partial charge is 0.356 e. The van der Waals surface area contributed by atoms with Gasteiger partial charge in [-0.3, -0.25) is 9.67 Å². The molecular weight excluding hydrogens is 283 g/mol. The summed E-state index contributed by atoms with van der Waals surface area (Å²) in [7, 11) is 3.56. The van der Waals surface area contributed by atoms with Crippen molar-refractivity contribution in [1.29, 1.82) is 0 Å². The molecule has 7 heteroatoms. The highest BCUT2D eigenvalue weighted by molar-refractivity contribution is 5.79. The number of aliphatic imine (C=N–C) groups is 1. The van der Waals surface area contributed by atoms with Crippen LogP contribution in [0, 0.1) is 12.7 Å². The van der Waals surface area contributed by atoms with E-state index in [4.69, 9.17) is 0 Å². The summed E-state index contributed by atoms with van der Waals surface area (Å²) < 4.78 is 14.8. The van der Waals surface area contributed by atoms with E-state index in [9.17, 15) is 4.39 Å². The van der Waals surface area contributed by atoms with Gasteiger partial charge in [0, 0.05) is 20.6 Å². The molecule has 1 aromatic heterocycles. The Morgan fingerprint density at radius 2 is 2.18 bits per heavy atom. The summed E-state index contributed by atoms with van der Waals surface area (Å²) in [5.74, 6) is 1.33. The summed E-state index contributed by atoms with van der Waals surface area (Å²) in [6.45, 7) is 3.18. The molecule has 2 aromatic rings. The lowest BCUT2D eigenvalue weighted by Gasteiger charge is -2.12. The zero-order chi connectivity index (χ0) is 15.9. The normalized spacial score (nSPS) is 11.5. The number of aromatic nitrogens is 3. The molecule has 0 unspecified atom stereocenters. The maximum atomic E-state index is 13.1. The first-order chi connectivity index (χ1) is 10.6. The third-order valence-electron chi connectivity index (χ3n) is 3.43. The Balaban J connectivity index is 1.80. The minimum absolute atomic E-state index is 0.199. The number of nitrogens with one attached hydrogen (secondary N) is 2. The summed E-state index contributed by atoms with van der Waals surface area (Å²) in [5.41, 5.74) is 2.08. The Kier molecular flexibility index (Phi) is 5.46. The van der Waals surface area contributed by atoms with E-state index in [0.29, 0.717) is 19.0 Å². The SMILES string of the molecule is CN=C(NCCc1ccc(F)cc1C)NCc1ncnn1C. The van der Waals surface area contributed by atoms with Crippen molar-refractivity contribution in [3.8, 4) is 0 Å². The van der Waals surface area contributed by atoms with Crippen LogP contribution < -0.4 is 10.6 Å². The number of halogens is 1. The van der Waals surface area contributed by atoms with Gasteiger partial charge in [-0.05, 0) is 36.6 Å². The van der Waals surface area contributed by atoms with E-state index in [2.05, 4.69) is 25.7 Å². The first-order valence-corrected chi connectivity index (χ1v) is 7.12. The average molecular weight is 304 g/mol. The van der Waals surface area contributed by atoms with Crippen molar-refractivity contribution in [2.45, 2.75) is 19.9 Å². The van der Waals surface area contributed by atoms with Gasteiger partial charge in [-0.1, -0.05) is 6.07 Å². The van der Waals surface area contributed by atoms with Crippen molar-refractivity contribution in [1.82, 2.24) is 25.4 Å². The molecule has 0 aliphatic rings. The molecule has 0 saturated carbocycles. The molecule has 2 rings (SSSR count). The van der Waals surface area contributed by atoms with Crippen molar-refractivity contribution in [2.24, 2.45) is 12.0 Å². The van der Waals surface area contributed by atoms with Crippen molar-refractivity contribution in [3.05, 3.63) is 47.3 Å². The Bertz CT molecular complexity index is 649. The van der Waals surface area contributed by atoms with Crippen LogP contribution >= 0.6 is 0 Å². The van der Waals surface area contributed by atoms with Gasteiger partial charge in [0.15, 0.2) is 5.96 Å². The van der Waals surface area contributed by atoms with E-state index in [1.165, 1.54) is 12.4 Å². The van der Waals surface area contributed by atoms with E-state index in [1.807, 2.05) is 20.0 Å². The van der Waals surface area contributed by atoms with E-state index in [1.54, 1.807) is 17.8 Å². The third-order valence-corrected chi connectivity index (χ3v) is 3.43. The van der Waals surface area contributed by atoms with Crippen LogP contribution in [0.25, 0.3) is 0 Å². The number of rotatable bonds is 5. The highest BCUT2D eigenvalue weighted by Gasteiger charge is 2.04. The van der Waals surface area contributed by atoms with Gasteiger partial charge in [-0.2, -0.15) is 5.10 Å².